The fourth-order valence-electron chi connectivity index (χ4n) is 3.17. The topological polar surface area (TPSA) is 133 Å². The highest BCUT2D eigenvalue weighted by Gasteiger charge is 2.16. The Morgan fingerprint density at radius 3 is 2.53 bits per heavy atom. The maximum absolute atomic E-state index is 12.2. The van der Waals surface area contributed by atoms with Gasteiger partial charge in [-0.05, 0) is 43.7 Å². The van der Waals surface area contributed by atoms with Gasteiger partial charge in [0.05, 0.1) is 15.9 Å². The molecule has 3 rings (SSSR count). The van der Waals surface area contributed by atoms with Gasteiger partial charge in [0.15, 0.2) is 0 Å². The lowest BCUT2D eigenvalue weighted by molar-refractivity contribution is -0.144. The van der Waals surface area contributed by atoms with Crippen molar-refractivity contribution < 1.29 is 22.7 Å². The van der Waals surface area contributed by atoms with Crippen LogP contribution in [0.2, 0.25) is 0 Å². The van der Waals surface area contributed by atoms with Crippen molar-refractivity contribution in [3.05, 3.63) is 59.4 Å². The van der Waals surface area contributed by atoms with Crippen LogP contribution in [0, 0.1) is 6.92 Å². The van der Waals surface area contributed by atoms with Crippen LogP contribution >= 0.6 is 0 Å². The maximum atomic E-state index is 12.2. The van der Waals surface area contributed by atoms with Crippen molar-refractivity contribution in [2.24, 2.45) is 5.14 Å². The molecule has 170 valence electrons. The molecule has 0 atom stereocenters. The molecule has 0 unspecified atom stereocenters. The van der Waals surface area contributed by atoms with Crippen LogP contribution in [0.1, 0.15) is 41.5 Å². The zero-order valence-electron chi connectivity index (χ0n) is 18.0. The van der Waals surface area contributed by atoms with E-state index in [1.165, 1.54) is 12.1 Å². The number of hydrogen-bond donors (Lipinski definition) is 2. The molecule has 0 aliphatic heterocycles. The minimum atomic E-state index is -3.86. The minimum Gasteiger partial charge on any atom is -0.456 e. The van der Waals surface area contributed by atoms with Gasteiger partial charge in [-0.15, -0.1) is 0 Å². The van der Waals surface area contributed by atoms with Crippen LogP contribution in [0.25, 0.3) is 11.0 Å². The molecule has 1 amide bonds. The van der Waals surface area contributed by atoms with Gasteiger partial charge in [-0.2, -0.15) is 0 Å². The molecule has 0 bridgehead atoms. The van der Waals surface area contributed by atoms with Crippen LogP contribution < -0.4 is 10.5 Å². The Morgan fingerprint density at radius 1 is 1.16 bits per heavy atom. The van der Waals surface area contributed by atoms with Gasteiger partial charge >= 0.3 is 5.97 Å². The molecule has 9 nitrogen and oxygen atoms in total. The number of nitrogens with zero attached hydrogens (tertiary/aromatic N) is 2. The Kier molecular flexibility index (Phi) is 7.26. The molecule has 1 aromatic heterocycles. The number of sulfonamides is 1. The summed E-state index contributed by atoms with van der Waals surface area (Å²) in [5.74, 6) is -0.490. The summed E-state index contributed by atoms with van der Waals surface area (Å²) < 4.78 is 30.5. The second-order valence-corrected chi connectivity index (χ2v) is 9.00. The second kappa shape index (κ2) is 9.92. The minimum absolute atomic E-state index is 0.0347. The SMILES string of the molecule is CCCCn1c(COC(=O)CNC(=O)c2ccc(C)cc2)nc2cc(S(N)(=O)=O)ccc21. The van der Waals surface area contributed by atoms with Crippen LogP contribution in [0.4, 0.5) is 0 Å². The fraction of sp³-hybridized carbons (Fsp3) is 0.318. The van der Waals surface area contributed by atoms with Gasteiger partial charge in [0.25, 0.3) is 5.91 Å². The average molecular weight is 459 g/mol. The lowest BCUT2D eigenvalue weighted by Crippen LogP contribution is -2.30. The van der Waals surface area contributed by atoms with Gasteiger partial charge in [0.2, 0.25) is 10.0 Å². The third-order valence-corrected chi connectivity index (χ3v) is 5.84. The highest BCUT2D eigenvalue weighted by Crippen LogP contribution is 2.21. The number of benzene rings is 2. The number of esters is 1. The third kappa shape index (κ3) is 5.71. The molecular weight excluding hydrogens is 432 g/mol. The quantitative estimate of drug-likeness (QED) is 0.473. The number of rotatable bonds is 9. The van der Waals surface area contributed by atoms with E-state index in [1.807, 2.05) is 23.6 Å². The van der Waals surface area contributed by atoms with Crippen molar-refractivity contribution >= 4 is 32.9 Å². The van der Waals surface area contributed by atoms with E-state index < -0.39 is 16.0 Å². The molecule has 1 heterocycles. The number of aryl methyl sites for hydroxylation is 2. The van der Waals surface area contributed by atoms with Crippen molar-refractivity contribution in [1.29, 1.82) is 0 Å². The van der Waals surface area contributed by atoms with Crippen molar-refractivity contribution in [2.75, 3.05) is 6.54 Å². The average Bonchev–Trinajstić information content (AvgIpc) is 3.11. The molecule has 32 heavy (non-hydrogen) atoms. The fourth-order valence-corrected chi connectivity index (χ4v) is 3.70. The van der Waals surface area contributed by atoms with Crippen LogP contribution in [0.15, 0.2) is 47.4 Å². The van der Waals surface area contributed by atoms with Gasteiger partial charge in [-0.25, -0.2) is 18.5 Å². The van der Waals surface area contributed by atoms with Crippen molar-refractivity contribution in [1.82, 2.24) is 14.9 Å². The van der Waals surface area contributed by atoms with Crippen LogP contribution in [0.5, 0.6) is 0 Å². The number of aromatic nitrogens is 2. The number of amides is 1. The maximum Gasteiger partial charge on any atom is 0.325 e. The van der Waals surface area contributed by atoms with Gasteiger partial charge in [0, 0.05) is 12.1 Å². The molecule has 3 aromatic rings. The lowest BCUT2D eigenvalue weighted by Gasteiger charge is -2.10. The van der Waals surface area contributed by atoms with Gasteiger partial charge < -0.3 is 14.6 Å². The van der Waals surface area contributed by atoms with E-state index >= 15 is 0 Å². The lowest BCUT2D eigenvalue weighted by atomic mass is 10.1. The van der Waals surface area contributed by atoms with Crippen molar-refractivity contribution in [3.63, 3.8) is 0 Å². The molecule has 0 saturated carbocycles. The van der Waals surface area contributed by atoms with E-state index in [4.69, 9.17) is 9.88 Å². The summed E-state index contributed by atoms with van der Waals surface area (Å²) in [7, 11) is -3.86. The van der Waals surface area contributed by atoms with E-state index in [1.54, 1.807) is 18.2 Å². The summed E-state index contributed by atoms with van der Waals surface area (Å²) >= 11 is 0. The first-order valence-corrected chi connectivity index (χ1v) is 11.8. The number of hydrogen-bond acceptors (Lipinski definition) is 6. The van der Waals surface area contributed by atoms with E-state index in [-0.39, 0.29) is 24.0 Å². The number of imidazole rings is 1. The van der Waals surface area contributed by atoms with Gasteiger partial charge in [0.1, 0.15) is 19.0 Å². The molecular formula is C22H26N4O5S. The first-order valence-electron chi connectivity index (χ1n) is 10.2. The van der Waals surface area contributed by atoms with E-state index in [0.717, 1.165) is 23.9 Å². The number of carbonyl (C=O) groups is 2. The molecule has 3 N–H and O–H groups in total. The molecule has 0 fully saturated rings. The number of nitrogens with two attached hydrogens (primary N) is 1. The molecule has 0 spiro atoms. The smallest absolute Gasteiger partial charge is 0.325 e. The van der Waals surface area contributed by atoms with Crippen LogP contribution in [-0.4, -0.2) is 36.4 Å². The number of nitrogens with one attached hydrogen (secondary N) is 1. The summed E-state index contributed by atoms with van der Waals surface area (Å²) in [6, 6.07) is 11.5. The predicted molar refractivity (Wildman–Crippen MR) is 119 cm³/mol. The molecule has 0 radical (unpaired) electrons. The number of carbonyl (C=O) groups excluding carboxylic acids is 2. The zero-order chi connectivity index (χ0) is 23.3. The zero-order valence-corrected chi connectivity index (χ0v) is 18.8. The first-order chi connectivity index (χ1) is 15.2. The number of unbranched alkanes of at least 4 members (excludes halogenated alkanes) is 1. The standard InChI is InChI=1S/C22H26N4O5S/c1-3-4-11-26-19-10-9-17(32(23,29)30)12-18(19)25-20(26)14-31-21(27)13-24-22(28)16-7-5-15(2)6-8-16/h5-10,12H,3-4,11,13-14H2,1-2H3,(H,24,28)(H2,23,29,30). The van der Waals surface area contributed by atoms with Gasteiger partial charge in [-0.3, -0.25) is 9.59 Å². The van der Waals surface area contributed by atoms with Gasteiger partial charge in [-0.1, -0.05) is 31.0 Å². The highest BCUT2D eigenvalue weighted by atomic mass is 32.2. The summed E-state index contributed by atoms with van der Waals surface area (Å²) in [4.78, 5) is 28.7. The highest BCUT2D eigenvalue weighted by molar-refractivity contribution is 7.89. The second-order valence-electron chi connectivity index (χ2n) is 7.44. The summed E-state index contributed by atoms with van der Waals surface area (Å²) in [6.45, 7) is 4.22. The number of primary sulfonamides is 1. The monoisotopic (exact) mass is 458 g/mol. The predicted octanol–water partition coefficient (Wildman–Crippen LogP) is 2.27. The van der Waals surface area contributed by atoms with E-state index in [9.17, 15) is 18.0 Å². The van der Waals surface area contributed by atoms with E-state index in [0.29, 0.717) is 23.4 Å². The van der Waals surface area contributed by atoms with Crippen molar-refractivity contribution in [2.45, 2.75) is 44.7 Å². The number of fused-ring (bicyclic) bond motifs is 1. The summed E-state index contributed by atoms with van der Waals surface area (Å²) in [5.41, 5.74) is 2.66. The molecule has 10 heteroatoms. The molecule has 2 aromatic carbocycles. The summed E-state index contributed by atoms with van der Waals surface area (Å²) in [5, 5.41) is 7.74. The normalized spacial score (nSPS) is 11.5. The largest absolute Gasteiger partial charge is 0.456 e. The third-order valence-electron chi connectivity index (χ3n) is 4.93. The molecule has 0 saturated heterocycles. The molecule has 0 aliphatic carbocycles. The Hall–Kier alpha value is -3.24. The summed E-state index contributed by atoms with van der Waals surface area (Å²) in [6.07, 6.45) is 1.81. The Labute approximate surface area is 186 Å². The van der Waals surface area contributed by atoms with Crippen molar-refractivity contribution in [3.8, 4) is 0 Å². The Balaban J connectivity index is 1.69. The number of ether oxygens (including phenoxy) is 1. The Morgan fingerprint density at radius 2 is 1.88 bits per heavy atom. The van der Waals surface area contributed by atoms with Crippen LogP contribution in [0.3, 0.4) is 0 Å². The van der Waals surface area contributed by atoms with Crippen LogP contribution in [-0.2, 0) is 32.7 Å². The first kappa shape index (κ1) is 23.4. The Bertz CT molecular complexity index is 1230. The van der Waals surface area contributed by atoms with E-state index in [2.05, 4.69) is 17.2 Å². The molecule has 0 aliphatic rings.